The molecule has 0 fully saturated rings. The Kier molecular flexibility index (Phi) is 6.71. The van der Waals surface area contributed by atoms with Crippen LogP contribution in [0, 0.1) is 0 Å². The second-order valence-corrected chi connectivity index (χ2v) is 7.74. The first-order valence-electron chi connectivity index (χ1n) is 11.1. The average Bonchev–Trinajstić information content (AvgIpc) is 3.70. The van der Waals surface area contributed by atoms with E-state index in [1.165, 1.54) is 7.11 Å². The molecule has 0 amide bonds. The molecule has 6 aromatic rings. The van der Waals surface area contributed by atoms with E-state index < -0.39 is 11.9 Å². The van der Waals surface area contributed by atoms with Gasteiger partial charge >= 0.3 is 11.9 Å². The van der Waals surface area contributed by atoms with Crippen LogP contribution in [0.5, 0.6) is 11.5 Å². The summed E-state index contributed by atoms with van der Waals surface area (Å²) in [6.07, 6.45) is 6.43. The fourth-order valence-electron chi connectivity index (χ4n) is 3.48. The molecule has 186 valence electrons. The number of pyridine rings is 1. The quantitative estimate of drug-likeness (QED) is 0.227. The van der Waals surface area contributed by atoms with E-state index in [1.54, 1.807) is 85.6 Å². The number of carbonyl (C=O) groups excluding carboxylic acids is 2. The van der Waals surface area contributed by atoms with Crippen molar-refractivity contribution in [2.24, 2.45) is 0 Å². The maximum Gasteiger partial charge on any atom is 0.360 e. The van der Waals surface area contributed by atoms with Gasteiger partial charge in [-0.1, -0.05) is 12.1 Å². The van der Waals surface area contributed by atoms with Crippen molar-refractivity contribution in [2.75, 3.05) is 7.11 Å². The number of rotatable bonds is 6. The van der Waals surface area contributed by atoms with Gasteiger partial charge in [-0.25, -0.2) is 9.59 Å². The maximum atomic E-state index is 12.0. The summed E-state index contributed by atoms with van der Waals surface area (Å²) in [4.78, 5) is 33.5. The first kappa shape index (κ1) is 23.5. The number of benzene rings is 1. The molecule has 0 saturated heterocycles. The molecule has 0 spiro atoms. The van der Waals surface area contributed by atoms with Gasteiger partial charge in [-0.05, 0) is 29.8 Å². The number of hydrogen-bond donors (Lipinski definition) is 2. The molecule has 37 heavy (non-hydrogen) atoms. The third-order valence-electron chi connectivity index (χ3n) is 5.31. The van der Waals surface area contributed by atoms with Gasteiger partial charge in [0.25, 0.3) is 0 Å². The second kappa shape index (κ2) is 10.6. The minimum Gasteiger partial charge on any atom is -0.493 e. The smallest absolute Gasteiger partial charge is 0.360 e. The molecule has 0 aliphatic rings. The number of furan rings is 2. The molecular weight excluding hydrogens is 478 g/mol. The van der Waals surface area contributed by atoms with Crippen LogP contribution >= 0.6 is 0 Å². The van der Waals surface area contributed by atoms with Crippen LogP contribution in [-0.4, -0.2) is 34.0 Å². The van der Waals surface area contributed by atoms with Gasteiger partial charge in [0.15, 0.2) is 22.7 Å². The van der Waals surface area contributed by atoms with Crippen molar-refractivity contribution in [3.05, 3.63) is 103 Å². The van der Waals surface area contributed by atoms with Crippen molar-refractivity contribution in [3.63, 3.8) is 0 Å². The Hall–Kier alpha value is -5.25. The molecule has 0 unspecified atom stereocenters. The summed E-state index contributed by atoms with van der Waals surface area (Å²) in [5.74, 6) is -0.0126. The molecule has 0 aliphatic heterocycles. The van der Waals surface area contributed by atoms with Crippen LogP contribution in [0.4, 0.5) is 0 Å². The topological polar surface area (TPSA) is 133 Å². The molecule has 0 bridgehead atoms. The molecule has 0 atom stereocenters. The highest BCUT2D eigenvalue weighted by molar-refractivity contribution is 5.94. The van der Waals surface area contributed by atoms with E-state index >= 15 is 0 Å². The van der Waals surface area contributed by atoms with Gasteiger partial charge in [0.05, 0.1) is 30.7 Å². The van der Waals surface area contributed by atoms with Gasteiger partial charge in [0, 0.05) is 36.7 Å². The largest absolute Gasteiger partial charge is 0.493 e. The predicted octanol–water partition coefficient (Wildman–Crippen LogP) is 5.50. The Balaban J connectivity index is 0.000000152. The van der Waals surface area contributed by atoms with Crippen molar-refractivity contribution in [1.82, 2.24) is 15.0 Å². The summed E-state index contributed by atoms with van der Waals surface area (Å²) < 4.78 is 25.9. The standard InChI is InChI=1S/C14H11NO4.C13H10N2O3/c1-17-11-4-2-3-5-12(11)19-14(16)10-8-13-9(15-10)6-7-18-13;16-13(18-8-9-1-4-14-5-2-9)11-7-12-10(15-11)3-6-17-12/h2-8,15H,1H3;1-7,15H,8H2. The van der Waals surface area contributed by atoms with Crippen LogP contribution in [-0.2, 0) is 11.3 Å². The Bertz CT molecular complexity index is 1590. The first-order valence-corrected chi connectivity index (χ1v) is 11.1. The Labute approximate surface area is 209 Å². The van der Waals surface area contributed by atoms with Gasteiger partial charge in [-0.2, -0.15) is 0 Å². The average molecular weight is 499 g/mol. The maximum absolute atomic E-state index is 12.0. The van der Waals surface area contributed by atoms with Crippen LogP contribution < -0.4 is 9.47 Å². The molecular formula is C27H21N3O7. The van der Waals surface area contributed by atoms with E-state index in [1.807, 2.05) is 0 Å². The molecule has 10 nitrogen and oxygen atoms in total. The summed E-state index contributed by atoms with van der Waals surface area (Å²) in [5.41, 5.74) is 4.42. The third kappa shape index (κ3) is 5.38. The lowest BCUT2D eigenvalue weighted by Crippen LogP contribution is -2.09. The molecule has 5 aromatic heterocycles. The van der Waals surface area contributed by atoms with E-state index in [0.717, 1.165) is 16.6 Å². The summed E-state index contributed by atoms with van der Waals surface area (Å²) in [5, 5.41) is 0. The highest BCUT2D eigenvalue weighted by Gasteiger charge is 2.15. The lowest BCUT2D eigenvalue weighted by Gasteiger charge is -2.07. The lowest BCUT2D eigenvalue weighted by atomic mass is 10.3. The van der Waals surface area contributed by atoms with E-state index in [2.05, 4.69) is 15.0 Å². The molecule has 10 heteroatoms. The van der Waals surface area contributed by atoms with Gasteiger partial charge in [0.2, 0.25) is 0 Å². The van der Waals surface area contributed by atoms with Crippen molar-refractivity contribution >= 4 is 34.1 Å². The predicted molar refractivity (Wildman–Crippen MR) is 132 cm³/mol. The van der Waals surface area contributed by atoms with Crippen LogP contribution in [0.3, 0.4) is 0 Å². The first-order chi connectivity index (χ1) is 18.1. The second-order valence-electron chi connectivity index (χ2n) is 7.74. The molecule has 5 heterocycles. The highest BCUT2D eigenvalue weighted by atomic mass is 16.6. The fourth-order valence-corrected chi connectivity index (χ4v) is 3.48. The zero-order chi connectivity index (χ0) is 25.6. The van der Waals surface area contributed by atoms with Crippen molar-refractivity contribution in [1.29, 1.82) is 0 Å². The Morgan fingerprint density at radius 2 is 1.41 bits per heavy atom. The number of aromatic nitrogens is 3. The Morgan fingerprint density at radius 3 is 2.00 bits per heavy atom. The SMILES string of the molecule is COc1ccccc1OC(=O)c1cc2occc2[nH]1.O=C(OCc1ccncc1)c1cc2occc2[nH]1. The van der Waals surface area contributed by atoms with Gasteiger partial charge in [-0.3, -0.25) is 4.98 Å². The minimum absolute atomic E-state index is 0.224. The zero-order valence-electron chi connectivity index (χ0n) is 19.6. The van der Waals surface area contributed by atoms with Gasteiger partial charge < -0.3 is 33.0 Å². The van der Waals surface area contributed by atoms with Crippen LogP contribution in [0.2, 0.25) is 0 Å². The summed E-state index contributed by atoms with van der Waals surface area (Å²) in [6.45, 7) is 0.224. The number of aromatic amines is 2. The molecule has 0 saturated carbocycles. The summed E-state index contributed by atoms with van der Waals surface area (Å²) in [7, 11) is 1.52. The molecule has 1 aromatic carbocycles. The van der Waals surface area contributed by atoms with E-state index in [0.29, 0.717) is 34.1 Å². The molecule has 2 N–H and O–H groups in total. The number of nitrogens with one attached hydrogen (secondary N) is 2. The van der Waals surface area contributed by atoms with Crippen LogP contribution in [0.1, 0.15) is 26.5 Å². The molecule has 0 radical (unpaired) electrons. The number of carbonyl (C=O) groups is 2. The van der Waals surface area contributed by atoms with Crippen LogP contribution in [0.15, 0.2) is 94.4 Å². The Morgan fingerprint density at radius 1 is 0.811 bits per heavy atom. The van der Waals surface area contributed by atoms with Gasteiger partial charge in [-0.15, -0.1) is 0 Å². The third-order valence-corrected chi connectivity index (χ3v) is 5.31. The number of H-pyrrole nitrogens is 2. The molecule has 6 rings (SSSR count). The normalized spacial score (nSPS) is 10.6. The van der Waals surface area contributed by atoms with E-state index in [-0.39, 0.29) is 6.61 Å². The summed E-state index contributed by atoms with van der Waals surface area (Å²) >= 11 is 0. The number of para-hydroxylation sites is 2. The number of nitrogens with zero attached hydrogens (tertiary/aromatic N) is 1. The molecule has 0 aliphatic carbocycles. The van der Waals surface area contributed by atoms with Crippen LogP contribution in [0.25, 0.3) is 22.2 Å². The monoisotopic (exact) mass is 499 g/mol. The fraction of sp³-hybridized carbons (Fsp3) is 0.0741. The van der Waals surface area contributed by atoms with Crippen molar-refractivity contribution < 1.29 is 32.6 Å². The van der Waals surface area contributed by atoms with E-state index in [4.69, 9.17) is 23.0 Å². The zero-order valence-corrected chi connectivity index (χ0v) is 19.6. The number of hydrogen-bond acceptors (Lipinski definition) is 8. The van der Waals surface area contributed by atoms with E-state index in [9.17, 15) is 9.59 Å². The number of ether oxygens (including phenoxy) is 3. The summed E-state index contributed by atoms with van der Waals surface area (Å²) in [6, 6.07) is 17.3. The number of methoxy groups -OCH3 is 1. The minimum atomic E-state index is -0.490. The highest BCUT2D eigenvalue weighted by Crippen LogP contribution is 2.27. The number of fused-ring (bicyclic) bond motifs is 2. The number of esters is 2. The van der Waals surface area contributed by atoms with Crippen molar-refractivity contribution in [2.45, 2.75) is 6.61 Å². The lowest BCUT2D eigenvalue weighted by molar-refractivity contribution is 0.0466. The van der Waals surface area contributed by atoms with Gasteiger partial charge in [0.1, 0.15) is 18.0 Å². The van der Waals surface area contributed by atoms with Crippen molar-refractivity contribution in [3.8, 4) is 11.5 Å².